The summed E-state index contributed by atoms with van der Waals surface area (Å²) >= 11 is 0. The van der Waals surface area contributed by atoms with Crippen molar-refractivity contribution in [3.8, 4) is 17.2 Å². The van der Waals surface area contributed by atoms with Gasteiger partial charge in [-0.05, 0) is 24.6 Å². The summed E-state index contributed by atoms with van der Waals surface area (Å²) in [6, 6.07) is 3.27. The molecule has 0 aliphatic carbocycles. The molecule has 1 aliphatic heterocycles. The Balaban J connectivity index is 2.34. The van der Waals surface area contributed by atoms with Crippen LogP contribution < -0.4 is 14.2 Å². The third kappa shape index (κ3) is 5.57. The zero-order valence-electron chi connectivity index (χ0n) is 16.0. The Morgan fingerprint density at radius 2 is 1.72 bits per heavy atom. The lowest BCUT2D eigenvalue weighted by Gasteiger charge is -2.40. The number of ether oxygens (including phenoxy) is 4. The fourth-order valence-corrected chi connectivity index (χ4v) is 3.35. The molecule has 0 bridgehead atoms. The van der Waals surface area contributed by atoms with Gasteiger partial charge in [-0.3, -0.25) is 4.55 Å². The van der Waals surface area contributed by atoms with E-state index in [1.54, 1.807) is 24.3 Å². The Kier molecular flexibility index (Phi) is 7.82. The highest BCUT2D eigenvalue weighted by Gasteiger charge is 2.48. The smallest absolute Gasteiger partial charge is 0.397 e. The minimum Gasteiger partial charge on any atom is -0.493 e. The summed E-state index contributed by atoms with van der Waals surface area (Å²) in [5, 5.41) is 30.0. The molecule has 1 aliphatic rings. The molecule has 4 N–H and O–H groups in total. The first-order valence-electron chi connectivity index (χ1n) is 8.48. The van der Waals surface area contributed by atoms with Crippen molar-refractivity contribution in [2.24, 2.45) is 0 Å². The second kappa shape index (κ2) is 9.71. The molecule has 1 aromatic carbocycles. The van der Waals surface area contributed by atoms with Crippen molar-refractivity contribution in [3.05, 3.63) is 23.8 Å². The Morgan fingerprint density at radius 1 is 1.14 bits per heavy atom. The molecule has 164 valence electrons. The fourth-order valence-electron chi connectivity index (χ4n) is 2.83. The Bertz CT molecular complexity index is 796. The number of rotatable bonds is 8. The predicted molar refractivity (Wildman–Crippen MR) is 99.1 cm³/mol. The topological polar surface area (TPSA) is 161 Å². The minimum absolute atomic E-state index is 0.0466. The number of methoxy groups -OCH3 is 2. The van der Waals surface area contributed by atoms with Gasteiger partial charge in [0.1, 0.15) is 24.4 Å². The van der Waals surface area contributed by atoms with E-state index < -0.39 is 47.7 Å². The first-order chi connectivity index (χ1) is 13.6. The molecule has 0 radical (unpaired) electrons. The van der Waals surface area contributed by atoms with Gasteiger partial charge in [-0.2, -0.15) is 8.42 Å². The zero-order valence-corrected chi connectivity index (χ0v) is 16.8. The summed E-state index contributed by atoms with van der Waals surface area (Å²) < 4.78 is 56.7. The molecule has 0 unspecified atom stereocenters. The van der Waals surface area contributed by atoms with Gasteiger partial charge < -0.3 is 34.3 Å². The van der Waals surface area contributed by atoms with E-state index in [1.807, 2.05) is 6.92 Å². The highest BCUT2D eigenvalue weighted by molar-refractivity contribution is 7.80. The first kappa shape index (κ1) is 23.3. The molecular weight excluding hydrogens is 412 g/mol. The number of hydrogen-bond donors (Lipinski definition) is 4. The van der Waals surface area contributed by atoms with Gasteiger partial charge in [0.15, 0.2) is 11.5 Å². The maximum absolute atomic E-state index is 11.0. The molecule has 1 heterocycles. The summed E-state index contributed by atoms with van der Waals surface area (Å²) in [4.78, 5) is 0. The van der Waals surface area contributed by atoms with Crippen LogP contribution in [0.25, 0.3) is 6.08 Å². The van der Waals surface area contributed by atoms with Crippen LogP contribution >= 0.6 is 0 Å². The highest BCUT2D eigenvalue weighted by atomic mass is 32.3. The van der Waals surface area contributed by atoms with E-state index in [0.717, 1.165) is 5.56 Å². The van der Waals surface area contributed by atoms with Crippen molar-refractivity contribution in [1.29, 1.82) is 0 Å². The van der Waals surface area contributed by atoms with E-state index in [4.69, 9.17) is 23.5 Å². The van der Waals surface area contributed by atoms with Crippen LogP contribution in [0.5, 0.6) is 17.2 Å². The van der Waals surface area contributed by atoms with Gasteiger partial charge in [-0.1, -0.05) is 12.2 Å². The predicted octanol–water partition coefficient (Wildman–Crippen LogP) is -0.257. The first-order valence-corrected chi connectivity index (χ1v) is 9.85. The van der Waals surface area contributed by atoms with Crippen molar-refractivity contribution < 1.29 is 51.4 Å². The van der Waals surface area contributed by atoms with Crippen LogP contribution in [0.2, 0.25) is 0 Å². The molecule has 29 heavy (non-hydrogen) atoms. The molecule has 1 fully saturated rings. The average Bonchev–Trinajstić information content (AvgIpc) is 2.67. The maximum Gasteiger partial charge on any atom is 0.397 e. The third-order valence-electron chi connectivity index (χ3n) is 4.13. The van der Waals surface area contributed by atoms with Gasteiger partial charge in [0.25, 0.3) is 0 Å². The molecule has 0 aromatic heterocycles. The second-order valence-electron chi connectivity index (χ2n) is 6.07. The quantitative estimate of drug-likeness (QED) is 0.397. The van der Waals surface area contributed by atoms with Crippen molar-refractivity contribution >= 4 is 16.5 Å². The van der Waals surface area contributed by atoms with Crippen molar-refractivity contribution in [1.82, 2.24) is 0 Å². The monoisotopic (exact) mass is 436 g/mol. The molecule has 1 saturated heterocycles. The SMILES string of the molecule is C/C=C/c1cc(OC)c(O[C@@H]2O[C@H](CO)[C@@H](OS(=O)(=O)O)[C@H](O)[C@H]2O)c(OC)c1. The van der Waals surface area contributed by atoms with Crippen LogP contribution in [0.15, 0.2) is 18.2 Å². The maximum atomic E-state index is 11.0. The lowest BCUT2D eigenvalue weighted by atomic mass is 9.99. The molecule has 5 atom stereocenters. The number of hydrogen-bond acceptors (Lipinski definition) is 10. The fraction of sp³-hybridized carbons (Fsp3) is 0.529. The molecule has 12 heteroatoms. The average molecular weight is 436 g/mol. The molecule has 11 nitrogen and oxygen atoms in total. The van der Waals surface area contributed by atoms with Crippen LogP contribution in [0.1, 0.15) is 12.5 Å². The highest BCUT2D eigenvalue weighted by Crippen LogP contribution is 2.41. The zero-order chi connectivity index (χ0) is 21.8. The van der Waals surface area contributed by atoms with E-state index in [2.05, 4.69) is 4.18 Å². The van der Waals surface area contributed by atoms with Crippen LogP contribution in [0.4, 0.5) is 0 Å². The number of allylic oxidation sites excluding steroid dienone is 1. The summed E-state index contributed by atoms with van der Waals surface area (Å²) in [5.74, 6) is 0.518. The Hall–Kier alpha value is -1.93. The summed E-state index contributed by atoms with van der Waals surface area (Å²) in [6.07, 6.45) is -4.80. The summed E-state index contributed by atoms with van der Waals surface area (Å²) in [5.41, 5.74) is 0.744. The van der Waals surface area contributed by atoms with Gasteiger partial charge in [-0.25, -0.2) is 4.18 Å². The number of benzene rings is 1. The summed E-state index contributed by atoms with van der Waals surface area (Å²) in [7, 11) is -2.20. The Labute approximate surface area is 168 Å². The van der Waals surface area contributed by atoms with Crippen LogP contribution in [0.3, 0.4) is 0 Å². The van der Waals surface area contributed by atoms with E-state index in [-0.39, 0.29) is 17.2 Å². The molecular formula is C17H24O11S. The van der Waals surface area contributed by atoms with Crippen molar-refractivity contribution in [3.63, 3.8) is 0 Å². The molecule has 2 rings (SSSR count). The molecule has 0 saturated carbocycles. The van der Waals surface area contributed by atoms with Crippen LogP contribution in [-0.4, -0.2) is 79.8 Å². The van der Waals surface area contributed by atoms with Crippen LogP contribution in [-0.2, 0) is 19.3 Å². The lowest BCUT2D eigenvalue weighted by Crippen LogP contribution is -2.61. The Morgan fingerprint density at radius 3 is 2.17 bits per heavy atom. The lowest BCUT2D eigenvalue weighted by molar-refractivity contribution is -0.273. The van der Waals surface area contributed by atoms with Crippen molar-refractivity contribution in [2.45, 2.75) is 37.6 Å². The van der Waals surface area contributed by atoms with E-state index >= 15 is 0 Å². The summed E-state index contributed by atoms with van der Waals surface area (Å²) in [6.45, 7) is 1.04. The van der Waals surface area contributed by atoms with E-state index in [1.165, 1.54) is 14.2 Å². The van der Waals surface area contributed by atoms with E-state index in [0.29, 0.717) is 0 Å². The number of aliphatic hydroxyl groups is 3. The molecule has 0 spiro atoms. The molecule has 0 amide bonds. The normalized spacial score (nSPS) is 27.8. The van der Waals surface area contributed by atoms with Gasteiger partial charge in [-0.15, -0.1) is 0 Å². The largest absolute Gasteiger partial charge is 0.493 e. The second-order valence-corrected chi connectivity index (χ2v) is 7.12. The standard InChI is InChI=1S/C17H24O11S/c1-4-5-9-6-10(24-2)15(11(7-9)25-3)27-17-14(20)13(19)16(12(8-18)26-17)28-29(21,22)23/h4-7,12-14,16-20H,8H2,1-3H3,(H,21,22,23)/b5-4+/t12-,13-,14-,16-,17+/m1/s1. The van der Waals surface area contributed by atoms with Gasteiger partial charge in [0, 0.05) is 0 Å². The number of aliphatic hydroxyl groups excluding tert-OH is 3. The minimum atomic E-state index is -4.98. The van der Waals surface area contributed by atoms with Crippen LogP contribution in [0, 0.1) is 0 Å². The van der Waals surface area contributed by atoms with Gasteiger partial charge in [0.2, 0.25) is 12.0 Å². The van der Waals surface area contributed by atoms with E-state index in [9.17, 15) is 23.7 Å². The van der Waals surface area contributed by atoms with Crippen molar-refractivity contribution in [2.75, 3.05) is 20.8 Å². The molecule has 1 aromatic rings. The van der Waals surface area contributed by atoms with Gasteiger partial charge in [0.05, 0.1) is 20.8 Å². The van der Waals surface area contributed by atoms with Gasteiger partial charge >= 0.3 is 10.4 Å². The third-order valence-corrected chi connectivity index (χ3v) is 4.59.